The molecule has 1 aliphatic heterocycles. The molecule has 8 heteroatoms. The minimum absolute atomic E-state index is 0.135. The Morgan fingerprint density at radius 1 is 1.50 bits per heavy atom. The summed E-state index contributed by atoms with van der Waals surface area (Å²) in [5.74, 6) is 0.829. The molecule has 1 amide bonds. The summed E-state index contributed by atoms with van der Waals surface area (Å²) in [6, 6.07) is 1.37. The molecule has 24 heavy (non-hydrogen) atoms. The minimum atomic E-state index is -0.321. The van der Waals surface area contributed by atoms with Crippen LogP contribution in [0, 0.1) is 6.92 Å². The molecule has 128 valence electrons. The number of nitrogens with one attached hydrogen (secondary N) is 1. The lowest BCUT2D eigenvalue weighted by molar-refractivity contribution is -0.121. The average Bonchev–Trinajstić information content (AvgIpc) is 2.99. The van der Waals surface area contributed by atoms with Crippen LogP contribution in [0.3, 0.4) is 0 Å². The summed E-state index contributed by atoms with van der Waals surface area (Å²) in [5.41, 5.74) is 2.67. The summed E-state index contributed by atoms with van der Waals surface area (Å²) in [5, 5.41) is 6.52. The summed E-state index contributed by atoms with van der Waals surface area (Å²) in [6.07, 6.45) is 2.29. The highest BCUT2D eigenvalue weighted by Crippen LogP contribution is 2.26. The summed E-state index contributed by atoms with van der Waals surface area (Å²) in [7, 11) is 0. The van der Waals surface area contributed by atoms with Crippen molar-refractivity contribution < 1.29 is 14.1 Å². The second-order valence-electron chi connectivity index (χ2n) is 5.76. The maximum Gasteiger partial charge on any atom is 0.243 e. The Morgan fingerprint density at radius 3 is 3.04 bits per heavy atom. The van der Waals surface area contributed by atoms with Crippen molar-refractivity contribution in [2.24, 2.45) is 0 Å². The van der Waals surface area contributed by atoms with Crippen molar-refractivity contribution in [1.29, 1.82) is 0 Å². The van der Waals surface area contributed by atoms with Crippen molar-refractivity contribution in [3.63, 3.8) is 0 Å². The molecule has 0 fully saturated rings. The van der Waals surface area contributed by atoms with Crippen LogP contribution in [0.2, 0.25) is 0 Å². The lowest BCUT2D eigenvalue weighted by atomic mass is 10.0. The molecule has 0 bridgehead atoms. The molecule has 0 spiro atoms. The second-order valence-corrected chi connectivity index (χ2v) is 5.76. The number of hydrogen-bond acceptors (Lipinski definition) is 7. The fraction of sp³-hybridized carbons (Fsp3) is 0.500. The van der Waals surface area contributed by atoms with Crippen molar-refractivity contribution in [3.8, 4) is 5.88 Å². The van der Waals surface area contributed by atoms with Gasteiger partial charge in [0.1, 0.15) is 6.33 Å². The summed E-state index contributed by atoms with van der Waals surface area (Å²) in [4.78, 5) is 23.1. The Morgan fingerprint density at radius 2 is 2.33 bits per heavy atom. The highest BCUT2D eigenvalue weighted by atomic mass is 16.5. The minimum Gasteiger partial charge on any atom is -0.478 e. The highest BCUT2D eigenvalue weighted by Gasteiger charge is 2.28. The predicted molar refractivity (Wildman–Crippen MR) is 86.6 cm³/mol. The summed E-state index contributed by atoms with van der Waals surface area (Å²) in [6.45, 7) is 7.47. The predicted octanol–water partition coefficient (Wildman–Crippen LogP) is 1.56. The molecule has 1 N–H and O–H groups in total. The number of hydrogen-bond donors (Lipinski definition) is 1. The zero-order chi connectivity index (χ0) is 17.1. The number of rotatable bonds is 5. The smallest absolute Gasteiger partial charge is 0.243 e. The van der Waals surface area contributed by atoms with Crippen LogP contribution >= 0.6 is 0 Å². The van der Waals surface area contributed by atoms with E-state index < -0.39 is 0 Å². The van der Waals surface area contributed by atoms with Crippen LogP contribution in [-0.2, 0) is 17.8 Å². The lowest BCUT2D eigenvalue weighted by Crippen LogP contribution is -2.44. The van der Waals surface area contributed by atoms with Crippen molar-refractivity contribution >= 4 is 11.8 Å². The molecule has 3 rings (SSSR count). The summed E-state index contributed by atoms with van der Waals surface area (Å²) < 4.78 is 10.6. The van der Waals surface area contributed by atoms with E-state index in [4.69, 9.17) is 9.26 Å². The van der Waals surface area contributed by atoms with Gasteiger partial charge >= 0.3 is 0 Å². The number of anilines is 1. The van der Waals surface area contributed by atoms with E-state index in [0.717, 1.165) is 29.9 Å². The number of carbonyl (C=O) groups excluding carboxylic acids is 1. The van der Waals surface area contributed by atoms with E-state index >= 15 is 0 Å². The number of amides is 1. The van der Waals surface area contributed by atoms with Gasteiger partial charge in [0.05, 0.1) is 24.0 Å². The molecular formula is C16H21N5O3. The van der Waals surface area contributed by atoms with E-state index in [-0.39, 0.29) is 11.9 Å². The number of aromatic nitrogens is 3. The molecule has 0 aromatic carbocycles. The quantitative estimate of drug-likeness (QED) is 0.888. The van der Waals surface area contributed by atoms with Crippen LogP contribution in [0.5, 0.6) is 5.88 Å². The molecule has 8 nitrogen and oxygen atoms in total. The molecule has 1 atom stereocenters. The first kappa shape index (κ1) is 16.4. The number of nitrogens with zero attached hydrogens (tertiary/aromatic N) is 4. The van der Waals surface area contributed by atoms with E-state index in [1.54, 1.807) is 13.0 Å². The zero-order valence-corrected chi connectivity index (χ0v) is 14.1. The van der Waals surface area contributed by atoms with Gasteiger partial charge in [0, 0.05) is 31.1 Å². The third-order valence-corrected chi connectivity index (χ3v) is 4.07. The van der Waals surface area contributed by atoms with Gasteiger partial charge < -0.3 is 9.26 Å². The van der Waals surface area contributed by atoms with E-state index in [1.165, 1.54) is 6.33 Å². The van der Waals surface area contributed by atoms with Crippen LogP contribution < -0.4 is 10.1 Å². The Bertz CT molecular complexity index is 730. The van der Waals surface area contributed by atoms with Gasteiger partial charge in [-0.2, -0.15) is 0 Å². The third-order valence-electron chi connectivity index (χ3n) is 4.07. The van der Waals surface area contributed by atoms with Crippen LogP contribution in [0.15, 0.2) is 16.9 Å². The zero-order valence-electron chi connectivity index (χ0n) is 14.1. The fourth-order valence-corrected chi connectivity index (χ4v) is 2.74. The van der Waals surface area contributed by atoms with Gasteiger partial charge in [-0.05, 0) is 20.8 Å². The number of fused-ring (bicyclic) bond motifs is 1. The molecule has 0 radical (unpaired) electrons. The largest absolute Gasteiger partial charge is 0.478 e. The Hall–Kier alpha value is -2.48. The standard InChI is InChI=1S/C16H21N5O3/c1-4-23-16-12-8-21(6-5-13(12)17-9-18-16)11(3)15(22)19-14-7-10(2)20-24-14/h7,9,11H,4-6,8H2,1-3H3,(H,19,22)/t11-/m0/s1. The average molecular weight is 331 g/mol. The maximum atomic E-state index is 12.4. The molecule has 0 saturated heterocycles. The Labute approximate surface area is 140 Å². The Balaban J connectivity index is 1.71. The van der Waals surface area contributed by atoms with Gasteiger partial charge in [0.25, 0.3) is 0 Å². The van der Waals surface area contributed by atoms with Crippen LogP contribution in [0.25, 0.3) is 0 Å². The van der Waals surface area contributed by atoms with E-state index in [2.05, 4.69) is 25.3 Å². The van der Waals surface area contributed by atoms with Gasteiger partial charge in [0.15, 0.2) is 0 Å². The van der Waals surface area contributed by atoms with E-state index in [1.807, 2.05) is 13.8 Å². The summed E-state index contributed by atoms with van der Waals surface area (Å²) >= 11 is 0. The lowest BCUT2D eigenvalue weighted by Gasteiger charge is -2.32. The highest BCUT2D eigenvalue weighted by molar-refractivity contribution is 5.93. The second kappa shape index (κ2) is 6.96. The third kappa shape index (κ3) is 3.38. The van der Waals surface area contributed by atoms with Gasteiger partial charge in [-0.15, -0.1) is 0 Å². The number of aryl methyl sites for hydroxylation is 1. The fourth-order valence-electron chi connectivity index (χ4n) is 2.74. The molecule has 0 saturated carbocycles. The Kier molecular flexibility index (Phi) is 4.75. The molecular weight excluding hydrogens is 310 g/mol. The van der Waals surface area contributed by atoms with Gasteiger partial charge in [-0.25, -0.2) is 9.97 Å². The first-order valence-corrected chi connectivity index (χ1v) is 8.02. The van der Waals surface area contributed by atoms with E-state index in [9.17, 15) is 4.79 Å². The van der Waals surface area contributed by atoms with Crippen molar-refractivity contribution in [2.75, 3.05) is 18.5 Å². The molecule has 1 aliphatic rings. The molecule has 3 heterocycles. The van der Waals surface area contributed by atoms with Crippen LogP contribution in [-0.4, -0.2) is 45.1 Å². The molecule has 0 aliphatic carbocycles. The molecule has 0 unspecified atom stereocenters. The van der Waals surface area contributed by atoms with Crippen LogP contribution in [0.4, 0.5) is 5.88 Å². The molecule has 2 aromatic heterocycles. The van der Waals surface area contributed by atoms with Gasteiger partial charge in [-0.3, -0.25) is 15.0 Å². The van der Waals surface area contributed by atoms with Gasteiger partial charge in [-0.1, -0.05) is 5.16 Å². The van der Waals surface area contributed by atoms with Crippen molar-refractivity contribution in [3.05, 3.63) is 29.3 Å². The van der Waals surface area contributed by atoms with E-state index in [0.29, 0.717) is 24.9 Å². The number of ether oxygens (including phenoxy) is 1. The van der Waals surface area contributed by atoms with Crippen LogP contribution in [0.1, 0.15) is 30.8 Å². The maximum absolute atomic E-state index is 12.4. The molecule has 2 aromatic rings. The normalized spacial score (nSPS) is 15.6. The van der Waals surface area contributed by atoms with Gasteiger partial charge in [0.2, 0.25) is 17.7 Å². The number of carbonyl (C=O) groups is 1. The topological polar surface area (TPSA) is 93.4 Å². The monoisotopic (exact) mass is 331 g/mol. The first-order valence-electron chi connectivity index (χ1n) is 8.02. The SMILES string of the molecule is CCOc1ncnc2c1CN([C@@H](C)C(=O)Nc1cc(C)no1)CC2. The van der Waals surface area contributed by atoms with Crippen molar-refractivity contribution in [2.45, 2.75) is 39.8 Å². The first-order chi connectivity index (χ1) is 11.6. The van der Waals surface area contributed by atoms with Crippen molar-refractivity contribution in [1.82, 2.24) is 20.0 Å².